The minimum atomic E-state index is -0.325. The van der Waals surface area contributed by atoms with Crippen LogP contribution in [-0.4, -0.2) is 29.8 Å². The van der Waals surface area contributed by atoms with Crippen molar-refractivity contribution in [2.45, 2.75) is 52.2 Å². The average molecular weight is 408 g/mol. The van der Waals surface area contributed by atoms with Crippen LogP contribution in [0.2, 0.25) is 0 Å². The molecule has 160 valence electrons. The first-order valence-electron chi connectivity index (χ1n) is 10.9. The molecule has 1 aliphatic rings. The minimum Gasteiger partial charge on any atom is -0.352 e. The molecule has 1 heterocycles. The fraction of sp³-hybridized carbons (Fsp3) is 0.440. The molecule has 2 atom stereocenters. The summed E-state index contributed by atoms with van der Waals surface area (Å²) >= 11 is 0. The molecule has 2 aromatic rings. The summed E-state index contributed by atoms with van der Waals surface area (Å²) in [6.45, 7) is 7.49. The Morgan fingerprint density at radius 2 is 1.77 bits per heavy atom. The second-order valence-electron chi connectivity index (χ2n) is 8.40. The lowest BCUT2D eigenvalue weighted by molar-refractivity contribution is -0.122. The quantitative estimate of drug-likeness (QED) is 0.700. The Bertz CT molecular complexity index is 837. The molecule has 0 radical (unpaired) electrons. The Morgan fingerprint density at radius 1 is 1.07 bits per heavy atom. The Kier molecular flexibility index (Phi) is 8.03. The number of hydrogen-bond donors (Lipinski definition) is 2. The molecule has 1 aliphatic heterocycles. The highest BCUT2D eigenvalue weighted by molar-refractivity contribution is 5.79. The summed E-state index contributed by atoms with van der Waals surface area (Å²) in [5, 5.41) is 5.94. The molecule has 2 N–H and O–H groups in total. The zero-order valence-corrected chi connectivity index (χ0v) is 18.1. The second kappa shape index (κ2) is 10.9. The van der Waals surface area contributed by atoms with Gasteiger partial charge in [0.1, 0.15) is 0 Å². The third-order valence-electron chi connectivity index (χ3n) is 5.70. The van der Waals surface area contributed by atoms with E-state index in [0.29, 0.717) is 6.54 Å². The third-order valence-corrected chi connectivity index (χ3v) is 5.70. The van der Waals surface area contributed by atoms with Crippen LogP contribution in [0.25, 0.3) is 0 Å². The van der Waals surface area contributed by atoms with Crippen LogP contribution in [0.3, 0.4) is 0 Å². The standard InChI is InChI=1S/C25H33N3O2/c1-19-9-8-14-28(17-19)18-23-13-7-6-12-22(23)16-26-25(30)15-24(27-20(2)29)21-10-4-3-5-11-21/h3-7,10-13,19,24H,8-9,14-18H2,1-2H3,(H,26,30)(H,27,29)/t19-,24-/m1/s1. The van der Waals surface area contributed by atoms with E-state index in [9.17, 15) is 9.59 Å². The minimum absolute atomic E-state index is 0.0704. The number of hydrogen-bond acceptors (Lipinski definition) is 3. The van der Waals surface area contributed by atoms with Gasteiger partial charge < -0.3 is 10.6 Å². The molecule has 30 heavy (non-hydrogen) atoms. The maximum atomic E-state index is 12.7. The number of piperidine rings is 1. The fourth-order valence-electron chi connectivity index (χ4n) is 4.19. The largest absolute Gasteiger partial charge is 0.352 e. The maximum Gasteiger partial charge on any atom is 0.222 e. The van der Waals surface area contributed by atoms with Crippen LogP contribution in [0, 0.1) is 5.92 Å². The van der Waals surface area contributed by atoms with Gasteiger partial charge in [0.2, 0.25) is 11.8 Å². The summed E-state index contributed by atoms with van der Waals surface area (Å²) in [6, 6.07) is 17.6. The molecule has 0 spiro atoms. The van der Waals surface area contributed by atoms with E-state index in [1.807, 2.05) is 36.4 Å². The Labute approximate surface area is 179 Å². The van der Waals surface area contributed by atoms with Crippen LogP contribution >= 0.6 is 0 Å². The molecule has 0 bridgehead atoms. The molecule has 1 saturated heterocycles. The number of benzene rings is 2. The SMILES string of the molecule is CC(=O)N[C@H](CC(=O)NCc1ccccc1CN1CCC[C@@H](C)C1)c1ccccc1. The van der Waals surface area contributed by atoms with Gasteiger partial charge >= 0.3 is 0 Å². The molecule has 0 aliphatic carbocycles. The lowest BCUT2D eigenvalue weighted by Crippen LogP contribution is -2.34. The first-order valence-corrected chi connectivity index (χ1v) is 10.9. The number of rotatable bonds is 8. The van der Waals surface area contributed by atoms with Gasteiger partial charge in [-0.3, -0.25) is 14.5 Å². The number of carbonyl (C=O) groups excluding carboxylic acids is 2. The van der Waals surface area contributed by atoms with Gasteiger partial charge in [-0.05, 0) is 42.0 Å². The van der Waals surface area contributed by atoms with Gasteiger partial charge in [0, 0.05) is 26.6 Å². The lowest BCUT2D eigenvalue weighted by atomic mass is 9.99. The van der Waals surface area contributed by atoms with Crippen molar-refractivity contribution in [1.29, 1.82) is 0 Å². The average Bonchev–Trinajstić information content (AvgIpc) is 2.73. The molecule has 0 unspecified atom stereocenters. The number of nitrogens with zero attached hydrogens (tertiary/aromatic N) is 1. The summed E-state index contributed by atoms with van der Waals surface area (Å²) in [6.07, 6.45) is 2.78. The van der Waals surface area contributed by atoms with E-state index in [1.54, 1.807) is 0 Å². The number of nitrogens with one attached hydrogen (secondary N) is 2. The van der Waals surface area contributed by atoms with Crippen LogP contribution in [0.15, 0.2) is 54.6 Å². The van der Waals surface area contributed by atoms with E-state index in [-0.39, 0.29) is 24.3 Å². The number of likely N-dealkylation sites (tertiary alicyclic amines) is 1. The van der Waals surface area contributed by atoms with E-state index in [2.05, 4.69) is 40.7 Å². The van der Waals surface area contributed by atoms with Gasteiger partial charge in [0.25, 0.3) is 0 Å². The lowest BCUT2D eigenvalue weighted by Gasteiger charge is -2.31. The van der Waals surface area contributed by atoms with Gasteiger partial charge in [0.15, 0.2) is 0 Å². The molecule has 5 nitrogen and oxygen atoms in total. The molecule has 3 rings (SSSR count). The van der Waals surface area contributed by atoms with Crippen molar-refractivity contribution < 1.29 is 9.59 Å². The molecular formula is C25H33N3O2. The smallest absolute Gasteiger partial charge is 0.222 e. The van der Waals surface area contributed by atoms with Gasteiger partial charge in [-0.2, -0.15) is 0 Å². The summed E-state index contributed by atoms with van der Waals surface area (Å²) in [5.41, 5.74) is 3.36. The Morgan fingerprint density at radius 3 is 2.47 bits per heavy atom. The van der Waals surface area contributed by atoms with Crippen molar-refractivity contribution in [2.75, 3.05) is 13.1 Å². The van der Waals surface area contributed by atoms with Gasteiger partial charge in [-0.1, -0.05) is 61.5 Å². The second-order valence-corrected chi connectivity index (χ2v) is 8.40. The summed E-state index contributed by atoms with van der Waals surface area (Å²) in [4.78, 5) is 26.8. The summed E-state index contributed by atoms with van der Waals surface area (Å²) in [7, 11) is 0. The van der Waals surface area contributed by atoms with E-state index in [4.69, 9.17) is 0 Å². The number of carbonyl (C=O) groups is 2. The van der Waals surface area contributed by atoms with Crippen molar-refractivity contribution in [3.63, 3.8) is 0 Å². The molecule has 0 aromatic heterocycles. The topological polar surface area (TPSA) is 61.4 Å². The van der Waals surface area contributed by atoms with Crippen LogP contribution in [-0.2, 0) is 22.7 Å². The van der Waals surface area contributed by atoms with E-state index < -0.39 is 0 Å². The molecule has 5 heteroatoms. The van der Waals surface area contributed by atoms with Crippen LogP contribution in [0.4, 0.5) is 0 Å². The predicted octanol–water partition coefficient (Wildman–Crippen LogP) is 3.80. The van der Waals surface area contributed by atoms with E-state index in [1.165, 1.54) is 25.3 Å². The predicted molar refractivity (Wildman–Crippen MR) is 120 cm³/mol. The fourth-order valence-corrected chi connectivity index (χ4v) is 4.19. The van der Waals surface area contributed by atoms with Crippen molar-refractivity contribution >= 4 is 11.8 Å². The molecular weight excluding hydrogens is 374 g/mol. The van der Waals surface area contributed by atoms with Crippen LogP contribution in [0.1, 0.15) is 55.8 Å². The van der Waals surface area contributed by atoms with Gasteiger partial charge in [-0.15, -0.1) is 0 Å². The molecule has 2 aromatic carbocycles. The van der Waals surface area contributed by atoms with Crippen molar-refractivity contribution in [3.8, 4) is 0 Å². The Balaban J connectivity index is 1.59. The van der Waals surface area contributed by atoms with E-state index >= 15 is 0 Å². The first kappa shape index (κ1) is 22.0. The highest BCUT2D eigenvalue weighted by Gasteiger charge is 2.19. The number of amides is 2. The molecule has 2 amide bonds. The van der Waals surface area contributed by atoms with Crippen molar-refractivity contribution in [2.24, 2.45) is 5.92 Å². The zero-order valence-electron chi connectivity index (χ0n) is 18.1. The zero-order chi connectivity index (χ0) is 21.3. The normalized spacial score (nSPS) is 17.9. The summed E-state index contributed by atoms with van der Waals surface area (Å²) < 4.78 is 0. The van der Waals surface area contributed by atoms with Gasteiger partial charge in [0.05, 0.1) is 12.5 Å². The van der Waals surface area contributed by atoms with Crippen molar-refractivity contribution in [1.82, 2.24) is 15.5 Å². The van der Waals surface area contributed by atoms with Gasteiger partial charge in [-0.25, -0.2) is 0 Å². The van der Waals surface area contributed by atoms with Crippen LogP contribution in [0.5, 0.6) is 0 Å². The molecule has 0 saturated carbocycles. The molecule has 1 fully saturated rings. The van der Waals surface area contributed by atoms with Crippen molar-refractivity contribution in [3.05, 3.63) is 71.3 Å². The highest BCUT2D eigenvalue weighted by Crippen LogP contribution is 2.20. The van der Waals surface area contributed by atoms with Crippen LogP contribution < -0.4 is 10.6 Å². The summed E-state index contributed by atoms with van der Waals surface area (Å²) in [5.74, 6) is 0.533. The third kappa shape index (κ3) is 6.70. The first-order chi connectivity index (χ1) is 14.5. The van der Waals surface area contributed by atoms with E-state index in [0.717, 1.165) is 36.7 Å². The highest BCUT2D eigenvalue weighted by atomic mass is 16.2. The monoisotopic (exact) mass is 407 g/mol. The Hall–Kier alpha value is -2.66. The maximum absolute atomic E-state index is 12.7.